The molecular weight excluding hydrogens is 302 g/mol. The third kappa shape index (κ3) is 3.04. The van der Waals surface area contributed by atoms with Crippen LogP contribution in [-0.4, -0.2) is 27.4 Å². The molecule has 1 aromatic carbocycles. The lowest BCUT2D eigenvalue weighted by Crippen LogP contribution is -2.22. The van der Waals surface area contributed by atoms with Crippen molar-refractivity contribution < 1.29 is 4.84 Å². The fourth-order valence-electron chi connectivity index (χ4n) is 3.32. The minimum atomic E-state index is -0.00111. The molecule has 0 amide bonds. The van der Waals surface area contributed by atoms with Gasteiger partial charge in [-0.25, -0.2) is 9.97 Å². The molecule has 0 aliphatic heterocycles. The number of pyridine rings is 1. The van der Waals surface area contributed by atoms with E-state index in [1.54, 1.807) is 7.11 Å². The molecule has 0 saturated heterocycles. The number of imidazole rings is 1. The molecule has 0 saturated carbocycles. The van der Waals surface area contributed by atoms with Gasteiger partial charge >= 0.3 is 0 Å². The summed E-state index contributed by atoms with van der Waals surface area (Å²) in [6.45, 7) is 7.20. The summed E-state index contributed by atoms with van der Waals surface area (Å²) in [7, 11) is 1.57. The molecule has 2 aromatic heterocycles. The van der Waals surface area contributed by atoms with E-state index >= 15 is 0 Å². The minimum Gasteiger partial charge on any atom is -0.399 e. The zero-order valence-corrected chi connectivity index (χ0v) is 14.6. The van der Waals surface area contributed by atoms with E-state index in [9.17, 15) is 0 Å². The molecule has 6 heteroatoms. The van der Waals surface area contributed by atoms with Gasteiger partial charge in [0.25, 0.3) is 0 Å². The van der Waals surface area contributed by atoms with Crippen LogP contribution in [0.25, 0.3) is 21.9 Å². The first kappa shape index (κ1) is 16.2. The first-order valence-corrected chi connectivity index (χ1v) is 7.97. The second-order valence-corrected chi connectivity index (χ2v) is 6.93. The van der Waals surface area contributed by atoms with Crippen molar-refractivity contribution in [2.24, 2.45) is 10.6 Å². The topological polar surface area (TPSA) is 78.3 Å². The smallest absolute Gasteiger partial charge is 0.152 e. The van der Waals surface area contributed by atoms with Crippen molar-refractivity contribution in [3.05, 3.63) is 30.6 Å². The molecule has 0 unspecified atom stereocenters. The molecule has 2 heterocycles. The summed E-state index contributed by atoms with van der Waals surface area (Å²) < 4.78 is 2.16. The molecule has 0 radical (unpaired) electrons. The number of para-hydroxylation sites is 1. The molecule has 0 spiro atoms. The summed E-state index contributed by atoms with van der Waals surface area (Å²) in [5.41, 5.74) is 9.75. The Kier molecular flexibility index (Phi) is 4.13. The van der Waals surface area contributed by atoms with Crippen molar-refractivity contribution in [3.63, 3.8) is 0 Å². The second-order valence-electron chi connectivity index (χ2n) is 6.93. The van der Waals surface area contributed by atoms with Crippen molar-refractivity contribution in [3.8, 4) is 0 Å². The maximum Gasteiger partial charge on any atom is 0.152 e. The van der Waals surface area contributed by atoms with E-state index in [0.29, 0.717) is 5.82 Å². The van der Waals surface area contributed by atoms with Gasteiger partial charge in [0.2, 0.25) is 0 Å². The first-order valence-electron chi connectivity index (χ1n) is 7.97. The predicted molar refractivity (Wildman–Crippen MR) is 98.0 cm³/mol. The van der Waals surface area contributed by atoms with E-state index in [4.69, 9.17) is 10.6 Å². The van der Waals surface area contributed by atoms with Crippen LogP contribution in [0, 0.1) is 5.41 Å². The fraction of sp³-hybridized carbons (Fsp3) is 0.389. The SMILES string of the molecule is CON=C(C)CC(C)(C)Cn1cnc2c(N)nc3ccccc3c21. The predicted octanol–water partition coefficient (Wildman–Crippen LogP) is 3.61. The molecule has 3 aromatic rings. The van der Waals surface area contributed by atoms with Crippen LogP contribution < -0.4 is 5.73 Å². The van der Waals surface area contributed by atoms with Gasteiger partial charge in [-0.3, -0.25) is 0 Å². The van der Waals surface area contributed by atoms with E-state index in [0.717, 1.165) is 40.6 Å². The lowest BCUT2D eigenvalue weighted by molar-refractivity contribution is 0.209. The Morgan fingerprint density at radius 2 is 2.08 bits per heavy atom. The number of nitrogen functional groups attached to an aromatic ring is 1. The van der Waals surface area contributed by atoms with Crippen LogP contribution in [0.5, 0.6) is 0 Å². The number of nitrogens with zero attached hydrogens (tertiary/aromatic N) is 4. The van der Waals surface area contributed by atoms with Gasteiger partial charge in [-0.05, 0) is 24.8 Å². The summed E-state index contributed by atoms with van der Waals surface area (Å²) in [5.74, 6) is 0.470. The lowest BCUT2D eigenvalue weighted by Gasteiger charge is -2.25. The number of fused-ring (bicyclic) bond motifs is 3. The highest BCUT2D eigenvalue weighted by atomic mass is 16.6. The third-order valence-corrected chi connectivity index (χ3v) is 4.06. The van der Waals surface area contributed by atoms with Crippen molar-refractivity contribution in [1.82, 2.24) is 14.5 Å². The van der Waals surface area contributed by atoms with Gasteiger partial charge in [-0.15, -0.1) is 0 Å². The van der Waals surface area contributed by atoms with Gasteiger partial charge < -0.3 is 15.1 Å². The van der Waals surface area contributed by atoms with Crippen LogP contribution in [0.4, 0.5) is 5.82 Å². The molecular formula is C18H23N5O. The number of hydrogen-bond acceptors (Lipinski definition) is 5. The van der Waals surface area contributed by atoms with Crippen LogP contribution in [0.2, 0.25) is 0 Å². The van der Waals surface area contributed by atoms with E-state index in [1.165, 1.54) is 0 Å². The normalized spacial score (nSPS) is 12.9. The number of nitrogens with two attached hydrogens (primary N) is 1. The van der Waals surface area contributed by atoms with Crippen LogP contribution in [0.3, 0.4) is 0 Å². The van der Waals surface area contributed by atoms with Crippen LogP contribution in [-0.2, 0) is 11.4 Å². The third-order valence-electron chi connectivity index (χ3n) is 4.06. The zero-order valence-electron chi connectivity index (χ0n) is 14.6. The Bertz CT molecular complexity index is 910. The van der Waals surface area contributed by atoms with Gasteiger partial charge in [0.15, 0.2) is 5.82 Å². The zero-order chi connectivity index (χ0) is 17.3. The van der Waals surface area contributed by atoms with E-state index in [2.05, 4.69) is 39.6 Å². The highest BCUT2D eigenvalue weighted by Crippen LogP contribution is 2.31. The first-order chi connectivity index (χ1) is 11.4. The number of rotatable bonds is 5. The summed E-state index contributed by atoms with van der Waals surface area (Å²) in [4.78, 5) is 13.8. The van der Waals surface area contributed by atoms with Crippen LogP contribution >= 0.6 is 0 Å². The fourth-order valence-corrected chi connectivity index (χ4v) is 3.32. The average molecular weight is 325 g/mol. The number of benzene rings is 1. The molecule has 0 bridgehead atoms. The maximum atomic E-state index is 6.10. The van der Waals surface area contributed by atoms with Gasteiger partial charge in [0, 0.05) is 11.9 Å². The number of anilines is 1. The molecule has 6 nitrogen and oxygen atoms in total. The van der Waals surface area contributed by atoms with Crippen molar-refractivity contribution in [2.75, 3.05) is 12.8 Å². The standard InChI is InChI=1S/C18H23N5O/c1-12(22-24-4)9-18(2,3)10-23-11-20-15-16(23)13-7-5-6-8-14(13)21-17(15)19/h5-8,11H,9-10H2,1-4H3,(H2,19,21). The molecule has 0 atom stereocenters. The Morgan fingerprint density at radius 3 is 2.83 bits per heavy atom. The summed E-state index contributed by atoms with van der Waals surface area (Å²) in [6, 6.07) is 8.02. The summed E-state index contributed by atoms with van der Waals surface area (Å²) in [5, 5.41) is 5.09. The Balaban J connectivity index is 2.06. The van der Waals surface area contributed by atoms with Crippen molar-refractivity contribution in [1.29, 1.82) is 0 Å². The van der Waals surface area contributed by atoms with Gasteiger partial charge in [0.05, 0.1) is 23.1 Å². The van der Waals surface area contributed by atoms with E-state index in [-0.39, 0.29) is 5.41 Å². The van der Waals surface area contributed by atoms with Gasteiger partial charge in [0.1, 0.15) is 12.6 Å². The summed E-state index contributed by atoms with van der Waals surface area (Å²) >= 11 is 0. The molecule has 3 rings (SSSR count). The molecule has 2 N–H and O–H groups in total. The van der Waals surface area contributed by atoms with Crippen molar-refractivity contribution in [2.45, 2.75) is 33.7 Å². The van der Waals surface area contributed by atoms with Crippen LogP contribution in [0.15, 0.2) is 35.7 Å². The monoisotopic (exact) mass is 325 g/mol. The van der Waals surface area contributed by atoms with Gasteiger partial charge in [-0.1, -0.05) is 37.2 Å². The highest BCUT2D eigenvalue weighted by molar-refractivity contribution is 6.06. The summed E-state index contributed by atoms with van der Waals surface area (Å²) in [6.07, 6.45) is 2.68. The Morgan fingerprint density at radius 1 is 1.33 bits per heavy atom. The number of hydrogen-bond donors (Lipinski definition) is 1. The highest BCUT2D eigenvalue weighted by Gasteiger charge is 2.22. The molecule has 24 heavy (non-hydrogen) atoms. The minimum absolute atomic E-state index is 0.00111. The lowest BCUT2D eigenvalue weighted by atomic mass is 9.87. The van der Waals surface area contributed by atoms with E-state index in [1.807, 2.05) is 31.5 Å². The number of oxime groups is 1. The Hall–Kier alpha value is -2.63. The van der Waals surface area contributed by atoms with E-state index < -0.39 is 0 Å². The van der Waals surface area contributed by atoms with Gasteiger partial charge in [-0.2, -0.15) is 0 Å². The quantitative estimate of drug-likeness (QED) is 0.574. The molecule has 126 valence electrons. The molecule has 0 aliphatic rings. The van der Waals surface area contributed by atoms with Crippen molar-refractivity contribution >= 4 is 33.5 Å². The molecule has 0 aliphatic carbocycles. The molecule has 0 fully saturated rings. The average Bonchev–Trinajstić information content (AvgIpc) is 2.91. The largest absolute Gasteiger partial charge is 0.399 e. The maximum absolute atomic E-state index is 6.10. The second kappa shape index (κ2) is 6.11. The van der Waals surface area contributed by atoms with Crippen LogP contribution in [0.1, 0.15) is 27.2 Å². The number of aromatic nitrogens is 3. The Labute approximate surface area is 141 Å².